The number of nitro groups is 1. The molecule has 1 aliphatic heterocycles. The maximum atomic E-state index is 11.3. The minimum atomic E-state index is -0.960. The van der Waals surface area contributed by atoms with Gasteiger partial charge in [-0.15, -0.1) is 0 Å². The molecule has 7 heteroatoms. The number of fused-ring (bicyclic) bond motifs is 3. The number of hydrogen-bond acceptors (Lipinski definition) is 5. The van der Waals surface area contributed by atoms with Gasteiger partial charge in [-0.05, 0) is 35.6 Å². The summed E-state index contributed by atoms with van der Waals surface area (Å²) in [4.78, 5) is 22.0. The van der Waals surface area contributed by atoms with Gasteiger partial charge in [-0.2, -0.15) is 0 Å². The van der Waals surface area contributed by atoms with Gasteiger partial charge in [-0.3, -0.25) is 10.1 Å². The molecule has 4 rings (SSSR count). The molecular weight excluding hydrogens is 348 g/mol. The van der Waals surface area contributed by atoms with Crippen LogP contribution in [-0.2, 0) is 0 Å². The van der Waals surface area contributed by atoms with Crippen molar-refractivity contribution in [2.75, 3.05) is 12.4 Å². The van der Waals surface area contributed by atoms with E-state index in [0.29, 0.717) is 5.75 Å². The van der Waals surface area contributed by atoms with Crippen LogP contribution in [0.3, 0.4) is 0 Å². The van der Waals surface area contributed by atoms with E-state index >= 15 is 0 Å². The first-order chi connectivity index (χ1) is 13.0. The van der Waals surface area contributed by atoms with Gasteiger partial charge < -0.3 is 15.2 Å². The quantitative estimate of drug-likeness (QED) is 0.479. The lowest BCUT2D eigenvalue weighted by Crippen LogP contribution is -2.29. The average molecular weight is 366 g/mol. The Morgan fingerprint density at radius 3 is 2.67 bits per heavy atom. The number of allylic oxidation sites excluding steroid dienone is 2. The summed E-state index contributed by atoms with van der Waals surface area (Å²) >= 11 is 0. The molecule has 1 aliphatic carbocycles. The summed E-state index contributed by atoms with van der Waals surface area (Å²) in [6, 6.07) is 9.82. The first-order valence-corrected chi connectivity index (χ1v) is 8.62. The highest BCUT2D eigenvalue weighted by Gasteiger charge is 2.40. The number of aromatic carboxylic acids is 1. The number of carbonyl (C=O) groups is 1. The fourth-order valence-corrected chi connectivity index (χ4v) is 4.08. The predicted octanol–water partition coefficient (Wildman–Crippen LogP) is 4.13. The number of nitrogens with zero attached hydrogens (tertiary/aromatic N) is 1. The van der Waals surface area contributed by atoms with Crippen LogP contribution in [0.25, 0.3) is 0 Å². The summed E-state index contributed by atoms with van der Waals surface area (Å²) in [5.74, 6) is -0.290. The zero-order valence-electron chi connectivity index (χ0n) is 14.6. The number of ether oxygens (including phenoxy) is 1. The molecule has 0 radical (unpaired) electrons. The van der Waals surface area contributed by atoms with Gasteiger partial charge in [-0.1, -0.05) is 24.3 Å². The first kappa shape index (κ1) is 17.1. The third kappa shape index (κ3) is 2.81. The molecule has 0 fully saturated rings. The van der Waals surface area contributed by atoms with E-state index in [2.05, 4.69) is 17.5 Å². The minimum Gasteiger partial charge on any atom is -0.494 e. The van der Waals surface area contributed by atoms with Gasteiger partial charge in [0.25, 0.3) is 5.69 Å². The molecule has 0 saturated heterocycles. The summed E-state index contributed by atoms with van der Waals surface area (Å²) in [7, 11) is 1.49. The second-order valence-corrected chi connectivity index (χ2v) is 6.77. The van der Waals surface area contributed by atoms with E-state index in [-0.39, 0.29) is 29.1 Å². The molecule has 2 aromatic carbocycles. The molecule has 27 heavy (non-hydrogen) atoms. The summed E-state index contributed by atoms with van der Waals surface area (Å²) in [5, 5.41) is 23.9. The highest BCUT2D eigenvalue weighted by atomic mass is 16.6. The van der Waals surface area contributed by atoms with Crippen LogP contribution < -0.4 is 10.1 Å². The topological polar surface area (TPSA) is 102 Å². The van der Waals surface area contributed by atoms with Crippen LogP contribution in [0.15, 0.2) is 48.6 Å². The monoisotopic (exact) mass is 366 g/mol. The van der Waals surface area contributed by atoms with Gasteiger partial charge in [0.15, 0.2) is 0 Å². The van der Waals surface area contributed by atoms with Crippen LogP contribution in [-0.4, -0.2) is 23.1 Å². The Balaban J connectivity index is 1.79. The van der Waals surface area contributed by atoms with E-state index in [4.69, 9.17) is 9.84 Å². The van der Waals surface area contributed by atoms with Crippen molar-refractivity contribution in [3.63, 3.8) is 0 Å². The molecular formula is C20H18N2O5. The average Bonchev–Trinajstić information content (AvgIpc) is 3.16. The van der Waals surface area contributed by atoms with Crippen LogP contribution in [0, 0.1) is 16.0 Å². The van der Waals surface area contributed by atoms with Gasteiger partial charge in [-0.25, -0.2) is 4.79 Å². The van der Waals surface area contributed by atoms with Crippen molar-refractivity contribution >= 4 is 17.3 Å². The molecule has 0 unspecified atom stereocenters. The Morgan fingerprint density at radius 2 is 2.04 bits per heavy atom. The second-order valence-electron chi connectivity index (χ2n) is 6.77. The van der Waals surface area contributed by atoms with E-state index in [9.17, 15) is 14.9 Å². The van der Waals surface area contributed by atoms with Crippen molar-refractivity contribution in [2.24, 2.45) is 5.92 Å². The Bertz CT molecular complexity index is 952. The second kappa shape index (κ2) is 6.42. The van der Waals surface area contributed by atoms with E-state index in [0.717, 1.165) is 23.2 Å². The van der Waals surface area contributed by atoms with Gasteiger partial charge in [0.05, 0.1) is 35.4 Å². The molecule has 0 spiro atoms. The summed E-state index contributed by atoms with van der Waals surface area (Å²) in [6.45, 7) is 0. The fourth-order valence-electron chi connectivity index (χ4n) is 4.08. The number of carboxylic acid groups (broad SMARTS) is 1. The van der Waals surface area contributed by atoms with Crippen molar-refractivity contribution in [3.8, 4) is 5.75 Å². The lowest BCUT2D eigenvalue weighted by molar-refractivity contribution is -0.385. The zero-order chi connectivity index (χ0) is 19.1. The van der Waals surface area contributed by atoms with Crippen LogP contribution in [0.2, 0.25) is 0 Å². The molecule has 7 nitrogen and oxygen atoms in total. The molecule has 2 N–H and O–H groups in total. The number of nitro benzene ring substituents is 1. The smallest absolute Gasteiger partial charge is 0.335 e. The van der Waals surface area contributed by atoms with E-state index < -0.39 is 10.9 Å². The molecule has 0 aromatic heterocycles. The highest BCUT2D eigenvalue weighted by Crippen LogP contribution is 2.53. The molecule has 0 amide bonds. The number of hydrogen-bond donors (Lipinski definition) is 2. The third-order valence-corrected chi connectivity index (χ3v) is 5.36. The van der Waals surface area contributed by atoms with Crippen LogP contribution >= 0.6 is 0 Å². The molecule has 2 aromatic rings. The van der Waals surface area contributed by atoms with Crippen molar-refractivity contribution in [1.82, 2.24) is 0 Å². The molecule has 3 atom stereocenters. The number of methoxy groups -OCH3 is 1. The number of nitrogens with one attached hydrogen (secondary N) is 1. The van der Waals surface area contributed by atoms with Crippen molar-refractivity contribution < 1.29 is 19.6 Å². The van der Waals surface area contributed by atoms with Gasteiger partial charge in [0, 0.05) is 12.0 Å². The predicted molar refractivity (Wildman–Crippen MR) is 99.4 cm³/mol. The maximum absolute atomic E-state index is 11.3. The maximum Gasteiger partial charge on any atom is 0.335 e. The standard InChI is InChI=1S/C20H18N2O5/c1-27-17-10-13(22(25)26)9-16-14-3-2-4-15(14)18(21-19(16)17)11-5-7-12(8-6-11)20(23)24/h2-3,5-10,14-15,18,21H,4H2,1H3,(H,23,24)/t14-,15+,18-/m0/s1. The Kier molecular flexibility index (Phi) is 4.07. The van der Waals surface area contributed by atoms with E-state index in [1.165, 1.54) is 13.2 Å². The Morgan fingerprint density at radius 1 is 1.30 bits per heavy atom. The van der Waals surface area contributed by atoms with Crippen LogP contribution in [0.4, 0.5) is 11.4 Å². The fraction of sp³-hybridized carbons (Fsp3) is 0.250. The van der Waals surface area contributed by atoms with E-state index in [1.807, 2.05) is 12.1 Å². The highest BCUT2D eigenvalue weighted by molar-refractivity contribution is 5.87. The molecule has 1 heterocycles. The van der Waals surface area contributed by atoms with Crippen LogP contribution in [0.1, 0.15) is 39.9 Å². The number of non-ortho nitro benzene ring substituents is 1. The normalized spacial score (nSPS) is 22.5. The Hall–Kier alpha value is -3.35. The summed E-state index contributed by atoms with van der Waals surface area (Å²) in [6.07, 6.45) is 5.02. The first-order valence-electron chi connectivity index (χ1n) is 8.62. The largest absolute Gasteiger partial charge is 0.494 e. The lowest BCUT2D eigenvalue weighted by atomic mass is 9.76. The van der Waals surface area contributed by atoms with E-state index in [1.54, 1.807) is 18.2 Å². The third-order valence-electron chi connectivity index (χ3n) is 5.36. The number of rotatable bonds is 4. The molecule has 0 saturated carbocycles. The number of carboxylic acids is 1. The van der Waals surface area contributed by atoms with Gasteiger partial charge >= 0.3 is 5.97 Å². The van der Waals surface area contributed by atoms with Crippen molar-refractivity contribution in [3.05, 3.63) is 75.4 Å². The van der Waals surface area contributed by atoms with Gasteiger partial charge in [0.1, 0.15) is 5.75 Å². The minimum absolute atomic E-state index is 0.00992. The lowest BCUT2D eigenvalue weighted by Gasteiger charge is -2.38. The number of benzene rings is 2. The summed E-state index contributed by atoms with van der Waals surface area (Å²) in [5.41, 5.74) is 2.84. The van der Waals surface area contributed by atoms with Gasteiger partial charge in [0.2, 0.25) is 0 Å². The van der Waals surface area contributed by atoms with Crippen molar-refractivity contribution in [1.29, 1.82) is 0 Å². The molecule has 138 valence electrons. The SMILES string of the molecule is COc1cc([N+](=O)[O-])cc2c1N[C@@H](c1ccc(C(=O)O)cc1)[C@@H]1CC=C[C@H]21. The number of anilines is 1. The summed E-state index contributed by atoms with van der Waals surface area (Å²) < 4.78 is 5.42. The molecule has 0 bridgehead atoms. The molecule has 2 aliphatic rings. The van der Waals surface area contributed by atoms with Crippen LogP contribution in [0.5, 0.6) is 5.75 Å². The zero-order valence-corrected chi connectivity index (χ0v) is 14.6. The van der Waals surface area contributed by atoms with Crippen molar-refractivity contribution in [2.45, 2.75) is 18.4 Å². The Labute approximate surface area is 155 Å².